The number of Topliss-reactive ketones (excluding diaryl/α,β-unsaturated/α-hetero) is 1. The molecule has 0 saturated carbocycles. The lowest BCUT2D eigenvalue weighted by Crippen LogP contribution is -2.46. The van der Waals surface area contributed by atoms with Gasteiger partial charge in [0, 0.05) is 50.8 Å². The molecule has 0 atom stereocenters. The van der Waals surface area contributed by atoms with E-state index in [1.54, 1.807) is 12.1 Å². The highest BCUT2D eigenvalue weighted by Crippen LogP contribution is 2.17. The molecule has 1 saturated heterocycles. The summed E-state index contributed by atoms with van der Waals surface area (Å²) in [7, 11) is 4.01. The van der Waals surface area contributed by atoms with Crippen LogP contribution in [-0.4, -0.2) is 67.9 Å². The Morgan fingerprint density at radius 3 is 2.33 bits per heavy atom. The molecule has 2 rings (SSSR count). The molecule has 1 fully saturated rings. The lowest BCUT2D eigenvalue weighted by Gasteiger charge is -2.35. The average molecular weight is 332 g/mol. The zero-order chi connectivity index (χ0) is 17.4. The fraction of sp³-hybridized carbons (Fsp3) is 0.579. The summed E-state index contributed by atoms with van der Waals surface area (Å²) in [6.07, 6.45) is 2.31. The molecule has 5 heteroatoms. The number of amides is 1. The lowest BCUT2D eigenvalue weighted by atomic mass is 10.0. The third-order valence-electron chi connectivity index (χ3n) is 4.40. The molecule has 1 aromatic carbocycles. The molecule has 0 unspecified atom stereocenters. The first-order valence-electron chi connectivity index (χ1n) is 8.68. The minimum absolute atomic E-state index is 0.0310. The molecular formula is C19H28N2O3. The van der Waals surface area contributed by atoms with Crippen molar-refractivity contribution in [3.05, 3.63) is 35.9 Å². The molecule has 5 nitrogen and oxygen atoms in total. The quantitative estimate of drug-likeness (QED) is 0.685. The van der Waals surface area contributed by atoms with Gasteiger partial charge in [0.2, 0.25) is 5.91 Å². The molecule has 0 aromatic heterocycles. The number of carbonyl (C=O) groups excluding carboxylic acids is 2. The first-order chi connectivity index (χ1) is 11.6. The summed E-state index contributed by atoms with van der Waals surface area (Å²) < 4.78 is 5.41. The first-order valence-corrected chi connectivity index (χ1v) is 8.68. The van der Waals surface area contributed by atoms with Gasteiger partial charge in [-0.05, 0) is 26.9 Å². The van der Waals surface area contributed by atoms with Crippen molar-refractivity contribution in [1.29, 1.82) is 0 Å². The van der Waals surface area contributed by atoms with Crippen LogP contribution in [0.1, 0.15) is 36.0 Å². The summed E-state index contributed by atoms with van der Waals surface area (Å²) in [6, 6.07) is 9.42. The van der Waals surface area contributed by atoms with E-state index >= 15 is 0 Å². The maximum absolute atomic E-state index is 12.7. The van der Waals surface area contributed by atoms with Crippen LogP contribution in [0.25, 0.3) is 0 Å². The number of ketones is 1. The molecule has 1 heterocycles. The van der Waals surface area contributed by atoms with Crippen LogP contribution >= 0.6 is 0 Å². The summed E-state index contributed by atoms with van der Waals surface area (Å²) in [5.41, 5.74) is 0.677. The highest BCUT2D eigenvalue weighted by molar-refractivity contribution is 5.97. The van der Waals surface area contributed by atoms with Gasteiger partial charge in [-0.3, -0.25) is 9.59 Å². The van der Waals surface area contributed by atoms with Crippen LogP contribution in [0.3, 0.4) is 0 Å². The highest BCUT2D eigenvalue weighted by atomic mass is 16.5. The molecule has 24 heavy (non-hydrogen) atoms. The van der Waals surface area contributed by atoms with E-state index < -0.39 is 0 Å². The summed E-state index contributed by atoms with van der Waals surface area (Å²) in [5.74, 6) is 0.108. The third kappa shape index (κ3) is 5.73. The van der Waals surface area contributed by atoms with Crippen molar-refractivity contribution in [2.45, 2.75) is 31.7 Å². The summed E-state index contributed by atoms with van der Waals surface area (Å²) >= 11 is 0. The van der Waals surface area contributed by atoms with Gasteiger partial charge in [0.1, 0.15) is 0 Å². The number of nitrogens with zero attached hydrogens (tertiary/aromatic N) is 2. The lowest BCUT2D eigenvalue weighted by molar-refractivity contribution is -0.135. The number of carbonyl (C=O) groups is 2. The molecule has 0 radical (unpaired) electrons. The largest absolute Gasteiger partial charge is 0.381 e. The normalized spacial score (nSPS) is 15.5. The summed E-state index contributed by atoms with van der Waals surface area (Å²) in [6.45, 7) is 2.95. The number of benzene rings is 1. The van der Waals surface area contributed by atoms with Crippen molar-refractivity contribution in [3.63, 3.8) is 0 Å². The van der Waals surface area contributed by atoms with E-state index in [1.807, 2.05) is 37.2 Å². The monoisotopic (exact) mass is 332 g/mol. The highest BCUT2D eigenvalue weighted by Gasteiger charge is 2.25. The van der Waals surface area contributed by atoms with Crippen LogP contribution in [0, 0.1) is 0 Å². The fourth-order valence-electron chi connectivity index (χ4n) is 2.95. The van der Waals surface area contributed by atoms with Crippen molar-refractivity contribution in [2.75, 3.05) is 40.4 Å². The van der Waals surface area contributed by atoms with E-state index in [0.29, 0.717) is 25.3 Å². The molecule has 0 N–H and O–H groups in total. The van der Waals surface area contributed by atoms with Crippen LogP contribution in [-0.2, 0) is 9.53 Å². The van der Waals surface area contributed by atoms with Gasteiger partial charge >= 0.3 is 0 Å². The molecular weight excluding hydrogens is 304 g/mol. The van der Waals surface area contributed by atoms with Gasteiger partial charge in [-0.15, -0.1) is 0 Å². The van der Waals surface area contributed by atoms with Gasteiger partial charge in [0.05, 0.1) is 0 Å². The third-order valence-corrected chi connectivity index (χ3v) is 4.40. The van der Waals surface area contributed by atoms with Crippen LogP contribution in [0.4, 0.5) is 0 Å². The van der Waals surface area contributed by atoms with Crippen molar-refractivity contribution in [1.82, 2.24) is 9.80 Å². The van der Waals surface area contributed by atoms with Crippen LogP contribution < -0.4 is 0 Å². The van der Waals surface area contributed by atoms with Gasteiger partial charge in [0.25, 0.3) is 0 Å². The van der Waals surface area contributed by atoms with Crippen molar-refractivity contribution in [2.24, 2.45) is 0 Å². The molecule has 0 bridgehead atoms. The van der Waals surface area contributed by atoms with Crippen molar-refractivity contribution in [3.8, 4) is 0 Å². The van der Waals surface area contributed by atoms with E-state index in [-0.39, 0.29) is 30.6 Å². The predicted molar refractivity (Wildman–Crippen MR) is 94.1 cm³/mol. The van der Waals surface area contributed by atoms with Gasteiger partial charge in [-0.1, -0.05) is 30.3 Å². The number of ether oxygens (including phenoxy) is 1. The Morgan fingerprint density at radius 1 is 1.04 bits per heavy atom. The molecule has 1 amide bonds. The van der Waals surface area contributed by atoms with E-state index in [1.165, 1.54) is 0 Å². The van der Waals surface area contributed by atoms with Crippen LogP contribution in [0.2, 0.25) is 0 Å². The molecule has 1 aliphatic heterocycles. The minimum atomic E-state index is 0.0310. The Kier molecular flexibility index (Phi) is 7.40. The number of hydrogen-bond acceptors (Lipinski definition) is 4. The smallest absolute Gasteiger partial charge is 0.223 e. The number of likely N-dealkylation sites (N-methyl/N-ethyl adjacent to an activating group) is 1. The van der Waals surface area contributed by atoms with E-state index in [0.717, 1.165) is 19.4 Å². The maximum atomic E-state index is 12.7. The molecule has 0 spiro atoms. The SMILES string of the molecule is CN(C)CCN(C(=O)CCC(=O)c1ccccc1)C1CCOCC1. The standard InChI is InChI=1S/C19H28N2O3/c1-20(2)12-13-21(17-10-14-24-15-11-17)19(23)9-8-18(22)16-6-4-3-5-7-16/h3-7,17H,8-15H2,1-2H3. The predicted octanol–water partition coefficient (Wildman–Crippen LogP) is 2.22. The van der Waals surface area contributed by atoms with Crippen LogP contribution in [0.15, 0.2) is 30.3 Å². The van der Waals surface area contributed by atoms with Crippen molar-refractivity contribution < 1.29 is 14.3 Å². The Hall–Kier alpha value is -1.72. The zero-order valence-electron chi connectivity index (χ0n) is 14.7. The average Bonchev–Trinajstić information content (AvgIpc) is 2.61. The Balaban J connectivity index is 1.92. The first kappa shape index (κ1) is 18.6. The Labute approximate surface area is 144 Å². The van der Waals surface area contributed by atoms with Gasteiger partial charge in [-0.25, -0.2) is 0 Å². The van der Waals surface area contributed by atoms with E-state index in [2.05, 4.69) is 4.90 Å². The summed E-state index contributed by atoms with van der Waals surface area (Å²) in [4.78, 5) is 29.0. The topological polar surface area (TPSA) is 49.9 Å². The Morgan fingerprint density at radius 2 is 1.71 bits per heavy atom. The van der Waals surface area contributed by atoms with Gasteiger partial charge in [-0.2, -0.15) is 0 Å². The molecule has 132 valence electrons. The van der Waals surface area contributed by atoms with Gasteiger partial charge in [0.15, 0.2) is 5.78 Å². The molecule has 1 aliphatic rings. The van der Waals surface area contributed by atoms with E-state index in [9.17, 15) is 9.59 Å². The van der Waals surface area contributed by atoms with Crippen molar-refractivity contribution >= 4 is 11.7 Å². The second-order valence-electron chi connectivity index (χ2n) is 6.52. The molecule has 0 aliphatic carbocycles. The number of hydrogen-bond donors (Lipinski definition) is 0. The Bertz CT molecular complexity index is 525. The number of rotatable bonds is 8. The summed E-state index contributed by atoms with van der Waals surface area (Å²) in [5, 5.41) is 0. The maximum Gasteiger partial charge on any atom is 0.223 e. The van der Waals surface area contributed by atoms with Gasteiger partial charge < -0.3 is 14.5 Å². The van der Waals surface area contributed by atoms with Crippen LogP contribution in [0.5, 0.6) is 0 Å². The fourth-order valence-corrected chi connectivity index (χ4v) is 2.95. The minimum Gasteiger partial charge on any atom is -0.381 e. The molecule has 1 aromatic rings. The second kappa shape index (κ2) is 9.55. The zero-order valence-corrected chi connectivity index (χ0v) is 14.7. The van der Waals surface area contributed by atoms with E-state index in [4.69, 9.17) is 4.74 Å². The second-order valence-corrected chi connectivity index (χ2v) is 6.52.